The van der Waals surface area contributed by atoms with Crippen LogP contribution in [0.3, 0.4) is 0 Å². The van der Waals surface area contributed by atoms with E-state index >= 15 is 0 Å². The fraction of sp³-hybridized carbons (Fsp3) is 0.435. The van der Waals surface area contributed by atoms with Gasteiger partial charge in [-0.2, -0.15) is 13.2 Å². The second-order valence-corrected chi connectivity index (χ2v) is 8.19. The topological polar surface area (TPSA) is 91.4 Å². The van der Waals surface area contributed by atoms with E-state index in [0.717, 1.165) is 19.0 Å². The van der Waals surface area contributed by atoms with Crippen molar-refractivity contribution in [3.05, 3.63) is 48.1 Å². The van der Waals surface area contributed by atoms with Crippen molar-refractivity contribution >= 4 is 11.7 Å². The number of hydrogen-bond donors (Lipinski definition) is 2. The highest BCUT2D eigenvalue weighted by atomic mass is 19.4. The second-order valence-electron chi connectivity index (χ2n) is 8.19. The molecule has 1 atom stereocenters. The Morgan fingerprint density at radius 3 is 2.30 bits per heavy atom. The summed E-state index contributed by atoms with van der Waals surface area (Å²) in [5, 5.41) is 15.0. The Labute approximate surface area is 188 Å². The highest BCUT2D eigenvalue weighted by Crippen LogP contribution is 2.26. The van der Waals surface area contributed by atoms with Gasteiger partial charge in [0.05, 0.1) is 0 Å². The van der Waals surface area contributed by atoms with Crippen molar-refractivity contribution in [1.82, 2.24) is 9.47 Å². The first kappa shape index (κ1) is 23.0. The van der Waals surface area contributed by atoms with Gasteiger partial charge in [-0.15, -0.1) is 0 Å². The maximum atomic E-state index is 12.9. The number of alkyl halides is 3. The van der Waals surface area contributed by atoms with Crippen LogP contribution < -0.4 is 10.2 Å². The number of carbonyl (C=O) groups is 1. The van der Waals surface area contributed by atoms with Crippen LogP contribution in [0.4, 0.5) is 13.2 Å². The van der Waals surface area contributed by atoms with E-state index < -0.39 is 17.5 Å². The van der Waals surface area contributed by atoms with Gasteiger partial charge in [0.2, 0.25) is 5.84 Å². The summed E-state index contributed by atoms with van der Waals surface area (Å²) in [6.45, 7) is 1.88. The van der Waals surface area contributed by atoms with Crippen LogP contribution in [-0.4, -0.2) is 59.3 Å². The Morgan fingerprint density at radius 2 is 1.70 bits per heavy atom. The molecule has 2 aliphatic heterocycles. The molecule has 2 N–H and O–H groups in total. The minimum absolute atomic E-state index is 0.0265. The number of hydrogen-bond acceptors (Lipinski definition) is 5. The van der Waals surface area contributed by atoms with Crippen LogP contribution >= 0.6 is 0 Å². The lowest BCUT2D eigenvalue weighted by Gasteiger charge is -2.33. The summed E-state index contributed by atoms with van der Waals surface area (Å²) in [6, 6.07) is 9.71. The van der Waals surface area contributed by atoms with Gasteiger partial charge < -0.3 is 14.4 Å². The summed E-state index contributed by atoms with van der Waals surface area (Å²) in [4.78, 5) is 14.3. The number of piperidine rings is 1. The number of amides is 1. The van der Waals surface area contributed by atoms with Crippen LogP contribution in [0.25, 0.3) is 11.1 Å². The Balaban J connectivity index is 1.37. The number of ether oxygens (including phenoxy) is 2. The predicted molar refractivity (Wildman–Crippen MR) is 114 cm³/mol. The molecule has 0 aliphatic carbocycles. The maximum Gasteiger partial charge on any atom is 0.449 e. The number of nitrogens with zero attached hydrogens (tertiary/aromatic N) is 2. The van der Waals surface area contributed by atoms with Crippen LogP contribution in [0.2, 0.25) is 0 Å². The monoisotopic (exact) mass is 462 g/mol. The number of nitrogens with one attached hydrogen (secondary N) is 2. The third-order valence-electron chi connectivity index (χ3n) is 5.91. The quantitative estimate of drug-likeness (QED) is 0.538. The number of benzene rings is 1. The first-order valence-corrected chi connectivity index (χ1v) is 10.8. The summed E-state index contributed by atoms with van der Waals surface area (Å²) in [6.07, 6.45) is -0.919. The van der Waals surface area contributed by atoms with Gasteiger partial charge in [-0.05, 0) is 48.2 Å². The fourth-order valence-corrected chi connectivity index (χ4v) is 4.08. The van der Waals surface area contributed by atoms with Crippen LogP contribution in [-0.2, 0) is 9.53 Å². The average molecular weight is 462 g/mol. The van der Waals surface area contributed by atoms with Gasteiger partial charge in [0.25, 0.3) is 5.91 Å². The number of likely N-dealkylation sites (tertiary alicyclic amines) is 1. The van der Waals surface area contributed by atoms with Gasteiger partial charge in [0.1, 0.15) is 23.4 Å². The van der Waals surface area contributed by atoms with E-state index in [4.69, 9.17) is 20.3 Å². The van der Waals surface area contributed by atoms with Crippen molar-refractivity contribution in [3.8, 4) is 16.9 Å². The van der Waals surface area contributed by atoms with E-state index in [-0.39, 0.29) is 18.1 Å². The lowest BCUT2D eigenvalue weighted by atomic mass is 10.1. The molecule has 2 saturated heterocycles. The van der Waals surface area contributed by atoms with Gasteiger partial charge in [0.15, 0.2) is 0 Å². The Morgan fingerprint density at radius 1 is 1.03 bits per heavy atom. The molecule has 2 aromatic rings. The molecule has 1 amide bonds. The molecule has 3 heterocycles. The summed E-state index contributed by atoms with van der Waals surface area (Å²) in [5.74, 6) is -0.917. The number of carbonyl (C=O) groups excluding carboxylic acids is 1. The molecule has 1 aromatic heterocycles. The van der Waals surface area contributed by atoms with E-state index in [1.807, 2.05) is 4.90 Å². The zero-order chi connectivity index (χ0) is 23.6. The summed E-state index contributed by atoms with van der Waals surface area (Å²) < 4.78 is 50.7. The molecular formula is C23H25F3N4O3. The van der Waals surface area contributed by atoms with Crippen molar-refractivity contribution in [1.29, 1.82) is 10.8 Å². The lowest BCUT2D eigenvalue weighted by molar-refractivity contribution is -0.142. The van der Waals surface area contributed by atoms with Crippen molar-refractivity contribution in [2.45, 2.75) is 44.1 Å². The zero-order valence-electron chi connectivity index (χ0n) is 17.9. The molecule has 1 aromatic carbocycles. The molecule has 0 bridgehead atoms. The van der Waals surface area contributed by atoms with Crippen molar-refractivity contribution in [2.75, 3.05) is 19.7 Å². The smallest absolute Gasteiger partial charge is 0.449 e. The van der Waals surface area contributed by atoms with E-state index in [2.05, 4.69) is 0 Å². The standard InChI is InChI=1S/C23H25F3N4O3/c24-23(25,26)22(28)30-14-16(5-8-20(30)27)15-3-6-17(7-4-15)33-18-9-11-29(12-10-18)21(31)19-2-1-13-32-19/h3-8,14,18-19,27-28H,1-2,9-13H2/t19-/m1/s1. The van der Waals surface area contributed by atoms with Gasteiger partial charge in [-0.3, -0.25) is 20.2 Å². The second kappa shape index (κ2) is 9.38. The molecule has 0 saturated carbocycles. The zero-order valence-corrected chi connectivity index (χ0v) is 17.9. The molecule has 2 aliphatic rings. The van der Waals surface area contributed by atoms with Crippen LogP contribution in [0.1, 0.15) is 25.7 Å². The van der Waals surface area contributed by atoms with Gasteiger partial charge in [-0.1, -0.05) is 12.1 Å². The van der Waals surface area contributed by atoms with E-state index in [1.54, 1.807) is 30.3 Å². The van der Waals surface area contributed by atoms with Crippen molar-refractivity contribution in [2.24, 2.45) is 0 Å². The SMILES string of the molecule is N=C(n1cc(-c2ccc(OC3CCN(C(=O)[C@H]4CCCO4)CC3)cc2)ccc1=N)C(F)(F)F. The molecule has 0 radical (unpaired) electrons. The molecule has 10 heteroatoms. The molecule has 0 spiro atoms. The first-order chi connectivity index (χ1) is 15.7. The van der Waals surface area contributed by atoms with E-state index in [0.29, 0.717) is 54.0 Å². The molecule has 7 nitrogen and oxygen atoms in total. The van der Waals surface area contributed by atoms with E-state index in [1.165, 1.54) is 6.07 Å². The third-order valence-corrected chi connectivity index (χ3v) is 5.91. The summed E-state index contributed by atoms with van der Waals surface area (Å²) >= 11 is 0. The molecule has 33 heavy (non-hydrogen) atoms. The number of rotatable bonds is 4. The fourth-order valence-electron chi connectivity index (χ4n) is 4.08. The Kier molecular flexibility index (Phi) is 6.55. The normalized spacial score (nSPS) is 19.5. The lowest BCUT2D eigenvalue weighted by Crippen LogP contribution is -2.45. The van der Waals surface area contributed by atoms with Crippen LogP contribution in [0.5, 0.6) is 5.75 Å². The molecule has 2 fully saturated rings. The largest absolute Gasteiger partial charge is 0.490 e. The van der Waals surface area contributed by atoms with Crippen LogP contribution in [0, 0.1) is 10.8 Å². The maximum absolute atomic E-state index is 12.9. The minimum atomic E-state index is -4.85. The molecule has 4 rings (SSSR count). The summed E-state index contributed by atoms with van der Waals surface area (Å²) in [7, 11) is 0. The van der Waals surface area contributed by atoms with E-state index in [9.17, 15) is 18.0 Å². The Bertz CT molecular complexity index is 1070. The molecular weight excluding hydrogens is 437 g/mol. The number of halogens is 3. The Hall–Kier alpha value is -3.14. The van der Waals surface area contributed by atoms with Gasteiger partial charge in [-0.25, -0.2) is 0 Å². The number of pyridine rings is 1. The molecule has 0 unspecified atom stereocenters. The predicted octanol–water partition coefficient (Wildman–Crippen LogP) is 3.57. The number of aromatic nitrogens is 1. The van der Waals surface area contributed by atoms with Crippen molar-refractivity contribution in [3.63, 3.8) is 0 Å². The summed E-state index contributed by atoms with van der Waals surface area (Å²) in [5.41, 5.74) is 0.668. The van der Waals surface area contributed by atoms with Crippen LogP contribution in [0.15, 0.2) is 42.6 Å². The highest BCUT2D eigenvalue weighted by Gasteiger charge is 2.36. The van der Waals surface area contributed by atoms with Gasteiger partial charge in [0, 0.05) is 38.7 Å². The van der Waals surface area contributed by atoms with Gasteiger partial charge >= 0.3 is 6.18 Å². The minimum Gasteiger partial charge on any atom is -0.490 e. The first-order valence-electron chi connectivity index (χ1n) is 10.8. The third kappa shape index (κ3) is 5.27. The average Bonchev–Trinajstić information content (AvgIpc) is 3.34. The molecule has 176 valence electrons. The highest BCUT2D eigenvalue weighted by molar-refractivity contribution is 5.87. The van der Waals surface area contributed by atoms with Crippen molar-refractivity contribution < 1.29 is 27.4 Å².